The van der Waals surface area contributed by atoms with Crippen LogP contribution in [0.1, 0.15) is 6.92 Å². The van der Waals surface area contributed by atoms with Gasteiger partial charge in [0.15, 0.2) is 0 Å². The number of rotatable bonds is 2. The van der Waals surface area contributed by atoms with Gasteiger partial charge in [0.2, 0.25) is 0 Å². The molecule has 1 aliphatic heterocycles. The zero-order valence-corrected chi connectivity index (χ0v) is 6.22. The van der Waals surface area contributed by atoms with Gasteiger partial charge in [-0.3, -0.25) is 0 Å². The molecule has 0 unspecified atom stereocenters. The van der Waals surface area contributed by atoms with Crippen molar-refractivity contribution < 1.29 is 9.57 Å². The maximum absolute atomic E-state index is 5.24. The summed E-state index contributed by atoms with van der Waals surface area (Å²) in [5.41, 5.74) is -0.0903. The van der Waals surface area contributed by atoms with Crippen LogP contribution in [0.3, 0.4) is 0 Å². The third-order valence-electron chi connectivity index (χ3n) is 1.62. The van der Waals surface area contributed by atoms with Crippen LogP contribution in [-0.2, 0) is 9.57 Å². The highest BCUT2D eigenvalue weighted by molar-refractivity contribution is 4.84. The molecular weight excluding hydrogens is 132 g/mol. The van der Waals surface area contributed by atoms with E-state index in [9.17, 15) is 0 Å². The first-order valence-electron chi connectivity index (χ1n) is 3.41. The summed E-state index contributed by atoms with van der Waals surface area (Å²) in [7, 11) is 0. The van der Waals surface area contributed by atoms with Crippen LogP contribution in [0, 0.1) is 0 Å². The normalized spacial score (nSPS) is 34.2. The van der Waals surface area contributed by atoms with Gasteiger partial charge in [-0.25, -0.2) is 5.90 Å². The van der Waals surface area contributed by atoms with Gasteiger partial charge in [0.1, 0.15) is 0 Å². The van der Waals surface area contributed by atoms with E-state index in [1.807, 2.05) is 6.92 Å². The minimum Gasteiger partial charge on any atom is -0.378 e. The Kier molecular flexibility index (Phi) is 2.62. The van der Waals surface area contributed by atoms with Crippen molar-refractivity contribution in [2.45, 2.75) is 12.5 Å². The largest absolute Gasteiger partial charge is 0.378 e. The van der Waals surface area contributed by atoms with E-state index in [0.717, 1.165) is 13.2 Å². The summed E-state index contributed by atoms with van der Waals surface area (Å²) in [4.78, 5) is 4.54. The van der Waals surface area contributed by atoms with Crippen LogP contribution in [0.15, 0.2) is 0 Å². The predicted octanol–water partition coefficient (Wildman–Crippen LogP) is -0.745. The Hall–Kier alpha value is -0.160. The third-order valence-corrected chi connectivity index (χ3v) is 1.62. The molecule has 0 aromatic carbocycles. The maximum Gasteiger partial charge on any atom is 0.0880 e. The molecule has 4 nitrogen and oxygen atoms in total. The lowest BCUT2D eigenvalue weighted by Crippen LogP contribution is -2.55. The zero-order valence-electron chi connectivity index (χ0n) is 6.22. The average molecular weight is 146 g/mol. The van der Waals surface area contributed by atoms with E-state index in [4.69, 9.17) is 10.6 Å². The molecule has 0 spiro atoms. The standard InChI is InChI=1S/C6H14N2O2/c1-6(5-10-7)4-9-3-2-8-6/h8H,2-5,7H2,1H3/t6-/m1/s1. The van der Waals surface area contributed by atoms with E-state index in [0.29, 0.717) is 13.2 Å². The van der Waals surface area contributed by atoms with Crippen LogP contribution in [0.5, 0.6) is 0 Å². The number of hydrogen-bond donors (Lipinski definition) is 2. The predicted molar refractivity (Wildman–Crippen MR) is 37.4 cm³/mol. The van der Waals surface area contributed by atoms with E-state index < -0.39 is 0 Å². The molecule has 0 bridgehead atoms. The summed E-state index contributed by atoms with van der Waals surface area (Å²) < 4.78 is 5.24. The van der Waals surface area contributed by atoms with Crippen LogP contribution < -0.4 is 11.2 Å². The number of morpholine rings is 1. The lowest BCUT2D eigenvalue weighted by molar-refractivity contribution is -0.0159. The van der Waals surface area contributed by atoms with Gasteiger partial charge < -0.3 is 14.9 Å². The second-order valence-corrected chi connectivity index (χ2v) is 2.85. The Morgan fingerprint density at radius 3 is 3.10 bits per heavy atom. The van der Waals surface area contributed by atoms with Crippen molar-refractivity contribution in [3.05, 3.63) is 0 Å². The van der Waals surface area contributed by atoms with Gasteiger partial charge in [0.25, 0.3) is 0 Å². The lowest BCUT2D eigenvalue weighted by atomic mass is 10.0. The van der Waals surface area contributed by atoms with Crippen molar-refractivity contribution in [2.24, 2.45) is 5.90 Å². The van der Waals surface area contributed by atoms with Crippen LogP contribution in [-0.4, -0.2) is 31.9 Å². The number of nitrogens with one attached hydrogen (secondary N) is 1. The van der Waals surface area contributed by atoms with Gasteiger partial charge in [0, 0.05) is 6.54 Å². The molecule has 0 amide bonds. The molecule has 3 N–H and O–H groups in total. The minimum absolute atomic E-state index is 0.0903. The summed E-state index contributed by atoms with van der Waals surface area (Å²) in [5, 5.41) is 3.27. The molecule has 60 valence electrons. The summed E-state index contributed by atoms with van der Waals surface area (Å²) in [6.45, 7) is 4.84. The number of hydrogen-bond acceptors (Lipinski definition) is 4. The van der Waals surface area contributed by atoms with Crippen molar-refractivity contribution in [3.8, 4) is 0 Å². The molecule has 0 aliphatic carbocycles. The van der Waals surface area contributed by atoms with Gasteiger partial charge in [-0.05, 0) is 6.92 Å². The SMILES string of the molecule is C[C@]1(CON)COCCN1. The first-order chi connectivity index (χ1) is 4.77. The fraction of sp³-hybridized carbons (Fsp3) is 1.00. The Morgan fingerprint density at radius 1 is 1.80 bits per heavy atom. The van der Waals surface area contributed by atoms with Crippen LogP contribution in [0.2, 0.25) is 0 Å². The first kappa shape index (κ1) is 7.94. The quantitative estimate of drug-likeness (QED) is 0.503. The highest BCUT2D eigenvalue weighted by Gasteiger charge is 2.26. The molecule has 1 heterocycles. The van der Waals surface area contributed by atoms with E-state index in [2.05, 4.69) is 10.2 Å². The van der Waals surface area contributed by atoms with Crippen molar-refractivity contribution in [2.75, 3.05) is 26.4 Å². The highest BCUT2D eigenvalue weighted by atomic mass is 16.6. The molecular formula is C6H14N2O2. The maximum atomic E-state index is 5.24. The molecule has 1 fully saturated rings. The van der Waals surface area contributed by atoms with Crippen LogP contribution >= 0.6 is 0 Å². The van der Waals surface area contributed by atoms with Crippen molar-refractivity contribution in [1.82, 2.24) is 5.32 Å². The summed E-state index contributed by atoms with van der Waals surface area (Å²) >= 11 is 0. The molecule has 1 saturated heterocycles. The Morgan fingerprint density at radius 2 is 2.60 bits per heavy atom. The summed E-state index contributed by atoms with van der Waals surface area (Å²) in [6.07, 6.45) is 0. The minimum atomic E-state index is -0.0903. The van der Waals surface area contributed by atoms with E-state index in [-0.39, 0.29) is 5.54 Å². The fourth-order valence-electron chi connectivity index (χ4n) is 1.05. The Labute approximate surface area is 60.6 Å². The molecule has 4 heteroatoms. The number of ether oxygens (including phenoxy) is 1. The first-order valence-corrected chi connectivity index (χ1v) is 3.41. The van der Waals surface area contributed by atoms with Crippen molar-refractivity contribution >= 4 is 0 Å². The highest BCUT2D eigenvalue weighted by Crippen LogP contribution is 2.07. The fourth-order valence-corrected chi connectivity index (χ4v) is 1.05. The van der Waals surface area contributed by atoms with E-state index in [1.165, 1.54) is 0 Å². The Bertz CT molecular complexity index is 96.4. The smallest absolute Gasteiger partial charge is 0.0880 e. The van der Waals surface area contributed by atoms with Crippen LogP contribution in [0.4, 0.5) is 0 Å². The van der Waals surface area contributed by atoms with Gasteiger partial charge in [-0.1, -0.05) is 0 Å². The average Bonchev–Trinajstić information content (AvgIpc) is 1.89. The summed E-state index contributed by atoms with van der Waals surface area (Å²) in [5.74, 6) is 4.95. The Balaban J connectivity index is 2.32. The van der Waals surface area contributed by atoms with Gasteiger partial charge in [-0.15, -0.1) is 0 Å². The molecule has 0 aromatic heterocycles. The van der Waals surface area contributed by atoms with Crippen molar-refractivity contribution in [3.63, 3.8) is 0 Å². The molecule has 1 atom stereocenters. The van der Waals surface area contributed by atoms with Gasteiger partial charge >= 0.3 is 0 Å². The zero-order chi connectivity index (χ0) is 7.45. The topological polar surface area (TPSA) is 56.5 Å². The number of nitrogens with two attached hydrogens (primary N) is 1. The molecule has 10 heavy (non-hydrogen) atoms. The van der Waals surface area contributed by atoms with Gasteiger partial charge in [-0.2, -0.15) is 0 Å². The molecule has 1 aliphatic rings. The molecule has 1 rings (SSSR count). The van der Waals surface area contributed by atoms with E-state index in [1.54, 1.807) is 0 Å². The monoisotopic (exact) mass is 146 g/mol. The van der Waals surface area contributed by atoms with Crippen molar-refractivity contribution in [1.29, 1.82) is 0 Å². The molecule has 0 aromatic rings. The van der Waals surface area contributed by atoms with E-state index >= 15 is 0 Å². The second kappa shape index (κ2) is 3.30. The second-order valence-electron chi connectivity index (χ2n) is 2.85. The summed E-state index contributed by atoms with van der Waals surface area (Å²) in [6, 6.07) is 0. The van der Waals surface area contributed by atoms with Gasteiger partial charge in [0.05, 0.1) is 25.4 Å². The molecule has 0 radical (unpaired) electrons. The third kappa shape index (κ3) is 1.91. The lowest BCUT2D eigenvalue weighted by Gasteiger charge is -2.33. The molecule has 0 saturated carbocycles. The van der Waals surface area contributed by atoms with Crippen LogP contribution in [0.25, 0.3) is 0 Å².